The highest BCUT2D eigenvalue weighted by molar-refractivity contribution is 6.44. The fourth-order valence-electron chi connectivity index (χ4n) is 3.68. The number of imide groups is 2. The zero-order valence-electron chi connectivity index (χ0n) is 14.9. The van der Waals surface area contributed by atoms with E-state index in [0.717, 1.165) is 35.5 Å². The Bertz CT molecular complexity index is 743. The molecule has 0 unspecified atom stereocenters. The van der Waals surface area contributed by atoms with Crippen molar-refractivity contribution in [2.45, 2.75) is 45.2 Å². The van der Waals surface area contributed by atoms with Crippen LogP contribution < -0.4 is 0 Å². The molecule has 7 nitrogen and oxygen atoms in total. The van der Waals surface area contributed by atoms with E-state index in [1.165, 1.54) is 7.11 Å². The van der Waals surface area contributed by atoms with Crippen LogP contribution in [0.15, 0.2) is 24.3 Å². The van der Waals surface area contributed by atoms with Crippen molar-refractivity contribution in [2.24, 2.45) is 5.92 Å². The predicted molar refractivity (Wildman–Crippen MR) is 92.0 cm³/mol. The highest BCUT2D eigenvalue weighted by Gasteiger charge is 2.48. The summed E-state index contributed by atoms with van der Waals surface area (Å²) in [5.74, 6) is -1.79. The molecule has 3 rings (SSSR count). The molecular weight excluding hydrogens is 336 g/mol. The zero-order chi connectivity index (χ0) is 18.8. The van der Waals surface area contributed by atoms with Crippen LogP contribution >= 0.6 is 0 Å². The standard InChI is InChI=1S/C19H22N2O5/c1-12-5-3-4-6-15(12)21-17(23)16(22)20(19(21)25)11-13-7-9-14(10-8-13)18(24)26-2/h7-10,12,15H,3-6,11H2,1-2H3/t12-,15+/m1/s1. The van der Waals surface area contributed by atoms with Crippen LogP contribution in [0.1, 0.15) is 48.5 Å². The maximum Gasteiger partial charge on any atom is 0.337 e. The molecule has 1 saturated heterocycles. The van der Waals surface area contributed by atoms with Crippen molar-refractivity contribution < 1.29 is 23.9 Å². The van der Waals surface area contributed by atoms with E-state index in [2.05, 4.69) is 4.74 Å². The number of benzene rings is 1. The lowest BCUT2D eigenvalue weighted by molar-refractivity contribution is -0.144. The van der Waals surface area contributed by atoms with Gasteiger partial charge in [0.05, 0.1) is 19.2 Å². The normalized spacial score (nSPS) is 23.5. The van der Waals surface area contributed by atoms with Crippen molar-refractivity contribution in [1.29, 1.82) is 0 Å². The maximum absolute atomic E-state index is 12.7. The summed E-state index contributed by atoms with van der Waals surface area (Å²) in [4.78, 5) is 51.1. The SMILES string of the molecule is COC(=O)c1ccc(CN2C(=O)C(=O)N([C@H]3CCCC[C@H]3C)C2=O)cc1. The van der Waals surface area contributed by atoms with Gasteiger partial charge in [-0.25, -0.2) is 9.59 Å². The second-order valence-electron chi connectivity index (χ2n) is 6.87. The van der Waals surface area contributed by atoms with Gasteiger partial charge in [0.15, 0.2) is 0 Å². The van der Waals surface area contributed by atoms with Crippen molar-refractivity contribution >= 4 is 23.8 Å². The molecule has 1 aliphatic carbocycles. The number of amides is 4. The fraction of sp³-hybridized carbons (Fsp3) is 0.474. The van der Waals surface area contributed by atoms with Gasteiger partial charge < -0.3 is 4.74 Å². The summed E-state index contributed by atoms with van der Waals surface area (Å²) in [6, 6.07) is 5.66. The Labute approximate surface area is 151 Å². The van der Waals surface area contributed by atoms with Crippen LogP contribution in [-0.4, -0.2) is 46.8 Å². The first-order valence-electron chi connectivity index (χ1n) is 8.80. The number of esters is 1. The molecule has 0 aromatic heterocycles. The molecule has 26 heavy (non-hydrogen) atoms. The van der Waals surface area contributed by atoms with Gasteiger partial charge in [0.25, 0.3) is 0 Å². The lowest BCUT2D eigenvalue weighted by atomic mass is 9.85. The van der Waals surface area contributed by atoms with Crippen LogP contribution in [0.5, 0.6) is 0 Å². The average Bonchev–Trinajstić information content (AvgIpc) is 2.86. The quantitative estimate of drug-likeness (QED) is 0.469. The second-order valence-corrected chi connectivity index (χ2v) is 6.87. The number of nitrogens with zero attached hydrogens (tertiary/aromatic N) is 2. The van der Waals surface area contributed by atoms with Crippen LogP contribution in [0.3, 0.4) is 0 Å². The van der Waals surface area contributed by atoms with Crippen LogP contribution in [0, 0.1) is 5.92 Å². The number of hydrogen-bond donors (Lipinski definition) is 0. The van der Waals surface area contributed by atoms with Gasteiger partial charge >= 0.3 is 23.8 Å². The van der Waals surface area contributed by atoms with E-state index in [1.807, 2.05) is 6.92 Å². The first-order chi connectivity index (χ1) is 12.4. The fourth-order valence-corrected chi connectivity index (χ4v) is 3.68. The third-order valence-electron chi connectivity index (χ3n) is 5.20. The Kier molecular flexibility index (Phi) is 5.06. The van der Waals surface area contributed by atoms with Crippen LogP contribution in [0.2, 0.25) is 0 Å². The van der Waals surface area contributed by atoms with Crippen LogP contribution in [-0.2, 0) is 20.9 Å². The van der Waals surface area contributed by atoms with Gasteiger partial charge in [-0.2, -0.15) is 0 Å². The van der Waals surface area contributed by atoms with Crippen molar-refractivity contribution in [2.75, 3.05) is 7.11 Å². The average molecular weight is 358 g/mol. The number of rotatable bonds is 4. The van der Waals surface area contributed by atoms with Gasteiger partial charge in [-0.3, -0.25) is 19.4 Å². The largest absolute Gasteiger partial charge is 0.465 e. The zero-order valence-corrected chi connectivity index (χ0v) is 14.9. The van der Waals surface area contributed by atoms with Gasteiger partial charge in [0.1, 0.15) is 0 Å². The Morgan fingerprint density at radius 3 is 2.35 bits per heavy atom. The predicted octanol–water partition coefficient (Wildman–Crippen LogP) is 2.34. The molecule has 1 saturated carbocycles. The van der Waals surface area contributed by atoms with Crippen molar-refractivity contribution in [3.8, 4) is 0 Å². The summed E-state index contributed by atoms with van der Waals surface area (Å²) in [5, 5.41) is 0. The van der Waals surface area contributed by atoms with E-state index < -0.39 is 23.8 Å². The highest BCUT2D eigenvalue weighted by Crippen LogP contribution is 2.31. The molecule has 7 heteroatoms. The molecule has 0 spiro atoms. The molecule has 2 fully saturated rings. The number of urea groups is 1. The van der Waals surface area contributed by atoms with Crippen molar-refractivity contribution in [1.82, 2.24) is 9.80 Å². The van der Waals surface area contributed by atoms with Crippen LogP contribution in [0.4, 0.5) is 4.79 Å². The van der Waals surface area contributed by atoms with Gasteiger partial charge in [-0.15, -0.1) is 0 Å². The molecule has 1 heterocycles. The summed E-state index contributed by atoms with van der Waals surface area (Å²) in [7, 11) is 1.30. The minimum Gasteiger partial charge on any atom is -0.465 e. The lowest BCUT2D eigenvalue weighted by Crippen LogP contribution is -2.46. The minimum atomic E-state index is -0.787. The van der Waals surface area contributed by atoms with E-state index in [4.69, 9.17) is 0 Å². The van der Waals surface area contributed by atoms with Crippen molar-refractivity contribution in [3.05, 3.63) is 35.4 Å². The van der Waals surface area contributed by atoms with Gasteiger partial charge in [0, 0.05) is 6.04 Å². The number of carbonyl (C=O) groups excluding carboxylic acids is 4. The Balaban J connectivity index is 1.76. The molecule has 1 aliphatic heterocycles. The molecule has 0 radical (unpaired) electrons. The maximum atomic E-state index is 12.7. The van der Waals surface area contributed by atoms with E-state index in [1.54, 1.807) is 24.3 Å². The first kappa shape index (κ1) is 18.1. The third-order valence-corrected chi connectivity index (χ3v) is 5.20. The van der Waals surface area contributed by atoms with Gasteiger partial charge in [0.2, 0.25) is 0 Å². The molecule has 138 valence electrons. The summed E-state index contributed by atoms with van der Waals surface area (Å²) in [6.45, 7) is 2.02. The summed E-state index contributed by atoms with van der Waals surface area (Å²) in [6.07, 6.45) is 3.73. The number of ether oxygens (including phenoxy) is 1. The molecule has 1 aromatic rings. The minimum absolute atomic E-state index is 0.00244. The van der Waals surface area contributed by atoms with Crippen LogP contribution in [0.25, 0.3) is 0 Å². The van der Waals surface area contributed by atoms with E-state index in [0.29, 0.717) is 11.1 Å². The molecule has 1 aromatic carbocycles. The Hall–Kier alpha value is -2.70. The Morgan fingerprint density at radius 2 is 1.73 bits per heavy atom. The molecule has 0 bridgehead atoms. The molecule has 0 N–H and O–H groups in total. The number of hydrogen-bond acceptors (Lipinski definition) is 5. The summed E-state index contributed by atoms with van der Waals surface area (Å²) in [5.41, 5.74) is 1.04. The van der Waals surface area contributed by atoms with E-state index >= 15 is 0 Å². The molecule has 2 aliphatic rings. The van der Waals surface area contributed by atoms with E-state index in [9.17, 15) is 19.2 Å². The smallest absolute Gasteiger partial charge is 0.337 e. The highest BCUT2D eigenvalue weighted by atomic mass is 16.5. The first-order valence-corrected chi connectivity index (χ1v) is 8.80. The van der Waals surface area contributed by atoms with Gasteiger partial charge in [-0.1, -0.05) is 31.9 Å². The lowest BCUT2D eigenvalue weighted by Gasteiger charge is -2.34. The van der Waals surface area contributed by atoms with Crippen molar-refractivity contribution in [3.63, 3.8) is 0 Å². The molecule has 4 amide bonds. The van der Waals surface area contributed by atoms with Gasteiger partial charge in [-0.05, 0) is 36.5 Å². The topological polar surface area (TPSA) is 84.0 Å². The number of carbonyl (C=O) groups is 4. The van der Waals surface area contributed by atoms with E-state index in [-0.39, 0.29) is 18.5 Å². The summed E-state index contributed by atoms with van der Waals surface area (Å²) < 4.78 is 4.64. The number of methoxy groups -OCH3 is 1. The third kappa shape index (κ3) is 3.21. The summed E-state index contributed by atoms with van der Waals surface area (Å²) >= 11 is 0. The molecule has 2 atom stereocenters. The molecular formula is C19H22N2O5. The second kappa shape index (κ2) is 7.27. The Morgan fingerprint density at radius 1 is 1.08 bits per heavy atom. The monoisotopic (exact) mass is 358 g/mol.